The van der Waals surface area contributed by atoms with E-state index in [2.05, 4.69) is 0 Å². The van der Waals surface area contributed by atoms with Crippen LogP contribution in [0.4, 0.5) is 0 Å². The van der Waals surface area contributed by atoms with E-state index >= 15 is 0 Å². The Kier molecular flexibility index (Phi) is 2.36. The first-order valence-corrected chi connectivity index (χ1v) is 4.37. The molecule has 0 saturated heterocycles. The number of benzene rings is 1. The van der Waals surface area contributed by atoms with Crippen molar-refractivity contribution in [2.45, 2.75) is 13.5 Å². The van der Waals surface area contributed by atoms with Crippen LogP contribution >= 0.6 is 0 Å². The van der Waals surface area contributed by atoms with Gasteiger partial charge in [-0.1, -0.05) is 12.1 Å². The summed E-state index contributed by atoms with van der Waals surface area (Å²) in [6.07, 6.45) is 0. The van der Waals surface area contributed by atoms with E-state index < -0.39 is 0 Å². The van der Waals surface area contributed by atoms with Crippen molar-refractivity contribution >= 4 is 0 Å². The van der Waals surface area contributed by atoms with Gasteiger partial charge in [0.05, 0.1) is 13.2 Å². The molecule has 1 aromatic rings. The Labute approximate surface area is 77.2 Å². The summed E-state index contributed by atoms with van der Waals surface area (Å²) in [7, 11) is 0. The number of fused-ring (bicyclic) bond motifs is 1. The molecule has 3 heteroatoms. The first kappa shape index (κ1) is 8.38. The predicted molar refractivity (Wildman–Crippen MR) is 47.9 cm³/mol. The van der Waals surface area contributed by atoms with Crippen LogP contribution in [0.1, 0.15) is 12.5 Å². The standard InChI is InChI=1S/C10H12O3/c1-2-12-9-5-3-4-8-6-11-7-13-10(8)9/h3-5H,2,6-7H2,1H3. The van der Waals surface area contributed by atoms with Crippen molar-refractivity contribution in [2.75, 3.05) is 13.4 Å². The zero-order valence-corrected chi connectivity index (χ0v) is 7.58. The Hall–Kier alpha value is -1.22. The van der Waals surface area contributed by atoms with Crippen molar-refractivity contribution in [2.24, 2.45) is 0 Å². The van der Waals surface area contributed by atoms with Crippen molar-refractivity contribution in [3.05, 3.63) is 23.8 Å². The molecule has 1 heterocycles. The monoisotopic (exact) mass is 180 g/mol. The molecule has 0 bridgehead atoms. The first-order chi connectivity index (χ1) is 6.42. The molecular weight excluding hydrogens is 168 g/mol. The lowest BCUT2D eigenvalue weighted by atomic mass is 10.2. The molecule has 0 radical (unpaired) electrons. The van der Waals surface area contributed by atoms with E-state index in [1.165, 1.54) is 0 Å². The smallest absolute Gasteiger partial charge is 0.189 e. The molecule has 0 fully saturated rings. The number of hydrogen-bond acceptors (Lipinski definition) is 3. The van der Waals surface area contributed by atoms with E-state index in [0.29, 0.717) is 20.0 Å². The van der Waals surface area contributed by atoms with Crippen molar-refractivity contribution in [1.82, 2.24) is 0 Å². The average molecular weight is 180 g/mol. The third kappa shape index (κ3) is 1.60. The second-order valence-corrected chi connectivity index (χ2v) is 2.79. The molecule has 0 atom stereocenters. The van der Waals surface area contributed by atoms with Gasteiger partial charge in [-0.2, -0.15) is 0 Å². The van der Waals surface area contributed by atoms with E-state index in [1.54, 1.807) is 0 Å². The Balaban J connectivity index is 2.34. The molecule has 70 valence electrons. The minimum atomic E-state index is 0.317. The fourth-order valence-electron chi connectivity index (χ4n) is 1.36. The highest BCUT2D eigenvalue weighted by molar-refractivity contribution is 5.46. The molecule has 1 aliphatic heterocycles. The van der Waals surface area contributed by atoms with Gasteiger partial charge in [0.15, 0.2) is 18.3 Å². The van der Waals surface area contributed by atoms with E-state index in [9.17, 15) is 0 Å². The summed E-state index contributed by atoms with van der Waals surface area (Å²) in [5, 5.41) is 0. The fourth-order valence-corrected chi connectivity index (χ4v) is 1.36. The molecule has 0 saturated carbocycles. The van der Waals surface area contributed by atoms with Crippen LogP contribution in [0, 0.1) is 0 Å². The predicted octanol–water partition coefficient (Wildman–Crippen LogP) is 1.95. The van der Waals surface area contributed by atoms with Gasteiger partial charge in [0.2, 0.25) is 0 Å². The summed E-state index contributed by atoms with van der Waals surface area (Å²) in [6, 6.07) is 5.84. The number of rotatable bonds is 2. The Morgan fingerprint density at radius 3 is 3.23 bits per heavy atom. The van der Waals surface area contributed by atoms with Gasteiger partial charge < -0.3 is 14.2 Å². The summed E-state index contributed by atoms with van der Waals surface area (Å²) >= 11 is 0. The van der Waals surface area contributed by atoms with Crippen molar-refractivity contribution in [3.63, 3.8) is 0 Å². The molecule has 0 unspecified atom stereocenters. The van der Waals surface area contributed by atoms with E-state index in [4.69, 9.17) is 14.2 Å². The lowest BCUT2D eigenvalue weighted by Gasteiger charge is -2.19. The van der Waals surface area contributed by atoms with Gasteiger partial charge in [0, 0.05) is 5.56 Å². The molecule has 0 spiro atoms. The normalized spacial score (nSPS) is 14.5. The van der Waals surface area contributed by atoms with E-state index in [-0.39, 0.29) is 0 Å². The minimum Gasteiger partial charge on any atom is -0.490 e. The summed E-state index contributed by atoms with van der Waals surface area (Å²) in [5.74, 6) is 1.64. The van der Waals surface area contributed by atoms with Gasteiger partial charge in [-0.15, -0.1) is 0 Å². The Morgan fingerprint density at radius 1 is 1.46 bits per heavy atom. The molecule has 0 amide bonds. The third-order valence-corrected chi connectivity index (χ3v) is 1.90. The van der Waals surface area contributed by atoms with Crippen LogP contribution in [-0.2, 0) is 11.3 Å². The van der Waals surface area contributed by atoms with Crippen molar-refractivity contribution in [3.8, 4) is 11.5 Å². The lowest BCUT2D eigenvalue weighted by Crippen LogP contribution is -2.12. The van der Waals surface area contributed by atoms with Crippen LogP contribution in [0.2, 0.25) is 0 Å². The van der Waals surface area contributed by atoms with Crippen LogP contribution in [0.3, 0.4) is 0 Å². The maximum Gasteiger partial charge on any atom is 0.189 e. The zero-order valence-electron chi connectivity index (χ0n) is 7.58. The summed E-state index contributed by atoms with van der Waals surface area (Å²) < 4.78 is 15.9. The summed E-state index contributed by atoms with van der Waals surface area (Å²) in [6.45, 7) is 3.53. The van der Waals surface area contributed by atoms with E-state index in [1.807, 2.05) is 25.1 Å². The molecule has 1 aliphatic rings. The van der Waals surface area contributed by atoms with Gasteiger partial charge in [-0.3, -0.25) is 0 Å². The van der Waals surface area contributed by atoms with Crippen molar-refractivity contribution < 1.29 is 14.2 Å². The van der Waals surface area contributed by atoms with Crippen LogP contribution in [0.5, 0.6) is 11.5 Å². The SMILES string of the molecule is CCOc1cccc2c1OCOC2. The van der Waals surface area contributed by atoms with Gasteiger partial charge in [0.25, 0.3) is 0 Å². The average Bonchev–Trinajstić information content (AvgIpc) is 2.19. The van der Waals surface area contributed by atoms with Gasteiger partial charge in [-0.25, -0.2) is 0 Å². The minimum absolute atomic E-state index is 0.317. The van der Waals surface area contributed by atoms with Crippen molar-refractivity contribution in [1.29, 1.82) is 0 Å². The Morgan fingerprint density at radius 2 is 2.38 bits per heavy atom. The molecular formula is C10H12O3. The quantitative estimate of drug-likeness (QED) is 0.696. The van der Waals surface area contributed by atoms with Gasteiger partial charge in [-0.05, 0) is 13.0 Å². The maximum atomic E-state index is 5.42. The third-order valence-electron chi connectivity index (χ3n) is 1.90. The lowest BCUT2D eigenvalue weighted by molar-refractivity contribution is -0.0182. The zero-order chi connectivity index (χ0) is 9.10. The Bertz CT molecular complexity index is 296. The second kappa shape index (κ2) is 3.66. The number of para-hydroxylation sites is 1. The number of ether oxygens (including phenoxy) is 3. The molecule has 1 aromatic carbocycles. The second-order valence-electron chi connectivity index (χ2n) is 2.79. The van der Waals surface area contributed by atoms with Gasteiger partial charge in [0.1, 0.15) is 0 Å². The highest BCUT2D eigenvalue weighted by atomic mass is 16.7. The van der Waals surface area contributed by atoms with Crippen LogP contribution in [0.15, 0.2) is 18.2 Å². The molecule has 0 N–H and O–H groups in total. The highest BCUT2D eigenvalue weighted by Crippen LogP contribution is 2.33. The molecule has 3 nitrogen and oxygen atoms in total. The highest BCUT2D eigenvalue weighted by Gasteiger charge is 2.14. The summed E-state index contributed by atoms with van der Waals surface area (Å²) in [5.41, 5.74) is 1.05. The number of hydrogen-bond donors (Lipinski definition) is 0. The topological polar surface area (TPSA) is 27.7 Å². The largest absolute Gasteiger partial charge is 0.490 e. The maximum absolute atomic E-state index is 5.42. The molecule has 0 aliphatic carbocycles. The van der Waals surface area contributed by atoms with Crippen LogP contribution < -0.4 is 9.47 Å². The summed E-state index contributed by atoms with van der Waals surface area (Å²) in [4.78, 5) is 0. The molecule has 13 heavy (non-hydrogen) atoms. The first-order valence-electron chi connectivity index (χ1n) is 4.37. The van der Waals surface area contributed by atoms with Crippen LogP contribution in [-0.4, -0.2) is 13.4 Å². The van der Waals surface area contributed by atoms with Gasteiger partial charge >= 0.3 is 0 Å². The fraction of sp³-hybridized carbons (Fsp3) is 0.400. The van der Waals surface area contributed by atoms with E-state index in [0.717, 1.165) is 17.1 Å². The van der Waals surface area contributed by atoms with Crippen LogP contribution in [0.25, 0.3) is 0 Å². The molecule has 0 aromatic heterocycles. The molecule has 2 rings (SSSR count).